The quantitative estimate of drug-likeness (QED) is 0.576. The highest BCUT2D eigenvalue weighted by molar-refractivity contribution is 5.91. The summed E-state index contributed by atoms with van der Waals surface area (Å²) in [5, 5.41) is 13.4. The van der Waals surface area contributed by atoms with Crippen molar-refractivity contribution in [1.82, 2.24) is 10.6 Å². The number of carbonyl (C=O) groups excluding carboxylic acids is 2. The van der Waals surface area contributed by atoms with Crippen LogP contribution in [0, 0.1) is 0 Å². The summed E-state index contributed by atoms with van der Waals surface area (Å²) in [6, 6.07) is 13.8. The molecule has 3 N–H and O–H groups in total. The maximum atomic E-state index is 13.0. The highest BCUT2D eigenvalue weighted by atomic mass is 19.3. The van der Waals surface area contributed by atoms with Crippen LogP contribution in [0.2, 0.25) is 0 Å². The summed E-state index contributed by atoms with van der Waals surface area (Å²) in [4.78, 5) is 35.9. The van der Waals surface area contributed by atoms with Gasteiger partial charge in [0.05, 0.1) is 0 Å². The molecule has 0 bridgehead atoms. The molecule has 0 fully saturated rings. The summed E-state index contributed by atoms with van der Waals surface area (Å²) in [6.45, 7) is 2.36. The van der Waals surface area contributed by atoms with Gasteiger partial charge < -0.3 is 20.5 Å². The van der Waals surface area contributed by atoms with E-state index in [1.165, 1.54) is 13.8 Å². The van der Waals surface area contributed by atoms with E-state index < -0.39 is 42.4 Å². The van der Waals surface area contributed by atoms with Crippen molar-refractivity contribution in [2.45, 2.75) is 44.2 Å². The average molecular weight is 446 g/mol. The molecule has 0 spiro atoms. The fraction of sp³-hybridized carbons (Fsp3) is 0.348. The van der Waals surface area contributed by atoms with Crippen molar-refractivity contribution in [3.8, 4) is 11.1 Å². The van der Waals surface area contributed by atoms with Crippen molar-refractivity contribution in [1.29, 1.82) is 0 Å². The van der Waals surface area contributed by atoms with E-state index in [4.69, 9.17) is 9.84 Å². The van der Waals surface area contributed by atoms with Crippen molar-refractivity contribution in [2.24, 2.45) is 0 Å². The Hall–Kier alpha value is -3.49. The smallest absolute Gasteiger partial charge is 0.407 e. The number of fused-ring (bicyclic) bond motifs is 3. The highest BCUT2D eigenvalue weighted by Gasteiger charge is 2.34. The van der Waals surface area contributed by atoms with Gasteiger partial charge in [-0.1, -0.05) is 48.5 Å². The van der Waals surface area contributed by atoms with Gasteiger partial charge in [-0.2, -0.15) is 0 Å². The second-order valence-corrected chi connectivity index (χ2v) is 8.07. The van der Waals surface area contributed by atoms with E-state index in [1.54, 1.807) is 0 Å². The summed E-state index contributed by atoms with van der Waals surface area (Å²) in [5.74, 6) is -2.62. The number of hydrogen-bond donors (Lipinski definition) is 3. The lowest BCUT2D eigenvalue weighted by molar-refractivity contribution is -0.146. The number of rotatable bonds is 8. The Morgan fingerprint density at radius 2 is 1.56 bits per heavy atom. The average Bonchev–Trinajstić information content (AvgIpc) is 3.05. The molecule has 0 saturated carbocycles. The van der Waals surface area contributed by atoms with Crippen LogP contribution < -0.4 is 10.6 Å². The summed E-state index contributed by atoms with van der Waals surface area (Å²) in [7, 11) is 0. The third kappa shape index (κ3) is 5.04. The lowest BCUT2D eigenvalue weighted by Gasteiger charge is -2.25. The van der Waals surface area contributed by atoms with Crippen LogP contribution in [0.3, 0.4) is 0 Å². The molecular formula is C23H24F2N2O5. The number of amides is 2. The molecule has 7 nitrogen and oxygen atoms in total. The third-order valence-electron chi connectivity index (χ3n) is 5.34. The van der Waals surface area contributed by atoms with E-state index in [-0.39, 0.29) is 12.5 Å². The van der Waals surface area contributed by atoms with E-state index in [2.05, 4.69) is 10.6 Å². The van der Waals surface area contributed by atoms with Gasteiger partial charge in [0.15, 0.2) is 0 Å². The minimum absolute atomic E-state index is 0.0521. The number of aliphatic carboxylic acids is 1. The fourth-order valence-corrected chi connectivity index (χ4v) is 3.64. The fourth-order valence-electron chi connectivity index (χ4n) is 3.64. The number of ether oxygens (including phenoxy) is 1. The summed E-state index contributed by atoms with van der Waals surface area (Å²) in [5.41, 5.74) is 2.32. The Morgan fingerprint density at radius 3 is 2.06 bits per heavy atom. The van der Waals surface area contributed by atoms with E-state index in [9.17, 15) is 23.2 Å². The molecule has 1 atom stereocenters. The summed E-state index contributed by atoms with van der Waals surface area (Å²) >= 11 is 0. The normalized spacial score (nSPS) is 13.8. The number of alkyl carbamates (subject to hydrolysis) is 1. The molecule has 9 heteroatoms. The molecule has 1 aliphatic rings. The maximum absolute atomic E-state index is 13.0. The molecule has 0 radical (unpaired) electrons. The molecule has 1 unspecified atom stereocenters. The summed E-state index contributed by atoms with van der Waals surface area (Å²) < 4.78 is 31.2. The van der Waals surface area contributed by atoms with Crippen molar-refractivity contribution in [3.63, 3.8) is 0 Å². The lowest BCUT2D eigenvalue weighted by Crippen LogP contribution is -2.56. The van der Waals surface area contributed by atoms with E-state index in [1.807, 2.05) is 48.5 Å². The van der Waals surface area contributed by atoms with Gasteiger partial charge in [0.2, 0.25) is 12.3 Å². The molecule has 32 heavy (non-hydrogen) atoms. The van der Waals surface area contributed by atoms with E-state index in [0.29, 0.717) is 0 Å². The monoisotopic (exact) mass is 446 g/mol. The van der Waals surface area contributed by atoms with Crippen molar-refractivity contribution < 1.29 is 33.0 Å². The van der Waals surface area contributed by atoms with Crippen molar-refractivity contribution in [2.75, 3.05) is 6.61 Å². The predicted molar refractivity (Wildman–Crippen MR) is 112 cm³/mol. The van der Waals surface area contributed by atoms with Crippen LogP contribution in [0.25, 0.3) is 11.1 Å². The van der Waals surface area contributed by atoms with Crippen LogP contribution >= 0.6 is 0 Å². The predicted octanol–water partition coefficient (Wildman–Crippen LogP) is 3.53. The van der Waals surface area contributed by atoms with Gasteiger partial charge in [-0.15, -0.1) is 0 Å². The van der Waals surface area contributed by atoms with Crippen molar-refractivity contribution >= 4 is 18.0 Å². The molecule has 2 aromatic carbocycles. The van der Waals surface area contributed by atoms with Gasteiger partial charge in [-0.05, 0) is 36.1 Å². The minimum Gasteiger partial charge on any atom is -0.480 e. The van der Waals surface area contributed by atoms with Gasteiger partial charge in [-0.3, -0.25) is 4.79 Å². The number of carboxylic acids is 1. The number of nitrogens with one attached hydrogen (secondary N) is 2. The molecule has 2 aromatic rings. The van der Waals surface area contributed by atoms with Crippen LogP contribution in [0.5, 0.6) is 0 Å². The Labute approximate surface area is 183 Å². The van der Waals surface area contributed by atoms with Gasteiger partial charge in [0.25, 0.3) is 0 Å². The van der Waals surface area contributed by atoms with E-state index in [0.717, 1.165) is 22.3 Å². The molecule has 0 aromatic heterocycles. The number of hydrogen-bond acceptors (Lipinski definition) is 4. The van der Waals surface area contributed by atoms with Gasteiger partial charge >= 0.3 is 12.1 Å². The zero-order valence-electron chi connectivity index (χ0n) is 17.6. The Balaban J connectivity index is 1.68. The van der Waals surface area contributed by atoms with Crippen LogP contribution in [-0.2, 0) is 14.3 Å². The van der Waals surface area contributed by atoms with Crippen LogP contribution in [-0.4, -0.2) is 47.7 Å². The molecule has 170 valence electrons. The molecule has 2 amide bonds. The molecule has 0 heterocycles. The molecular weight excluding hydrogens is 422 g/mol. The van der Waals surface area contributed by atoms with E-state index >= 15 is 0 Å². The lowest BCUT2D eigenvalue weighted by atomic mass is 9.98. The second-order valence-electron chi connectivity index (χ2n) is 8.07. The molecule has 0 aliphatic heterocycles. The third-order valence-corrected chi connectivity index (χ3v) is 5.34. The zero-order valence-corrected chi connectivity index (χ0v) is 17.6. The van der Waals surface area contributed by atoms with Gasteiger partial charge in [-0.25, -0.2) is 18.4 Å². The number of alkyl halides is 2. The molecule has 1 aliphatic carbocycles. The van der Waals surface area contributed by atoms with Crippen LogP contribution in [0.4, 0.5) is 13.6 Å². The summed E-state index contributed by atoms with van der Waals surface area (Å²) in [6.07, 6.45) is -4.92. The molecule has 3 rings (SSSR count). The number of carbonyl (C=O) groups is 3. The first-order valence-electron chi connectivity index (χ1n) is 10.0. The number of carboxylic acid groups (broad SMARTS) is 1. The largest absolute Gasteiger partial charge is 0.480 e. The SMILES string of the molecule is CC(C)(NC(=O)C(CC(F)F)NC(=O)OCC1c2ccccc2-c2ccccc21)C(=O)O. The Bertz CT molecular complexity index is 979. The van der Waals surface area contributed by atoms with Crippen LogP contribution in [0.15, 0.2) is 48.5 Å². The Morgan fingerprint density at radius 1 is 1.03 bits per heavy atom. The highest BCUT2D eigenvalue weighted by Crippen LogP contribution is 2.44. The number of benzene rings is 2. The first-order valence-corrected chi connectivity index (χ1v) is 10.0. The zero-order chi connectivity index (χ0) is 23.5. The first-order chi connectivity index (χ1) is 15.1. The topological polar surface area (TPSA) is 105 Å². The van der Waals surface area contributed by atoms with Gasteiger partial charge in [0.1, 0.15) is 18.2 Å². The van der Waals surface area contributed by atoms with Gasteiger partial charge in [0, 0.05) is 12.3 Å². The second kappa shape index (κ2) is 9.33. The standard InChI is InChI=1S/C23H24F2N2O5/c1-23(2,21(29)30)27-20(28)18(11-19(24)25)26-22(31)32-12-17-15-9-5-3-7-13(15)14-8-4-6-10-16(14)17/h3-10,17-19H,11-12H2,1-2H3,(H,26,31)(H,27,28)(H,29,30). The molecule has 0 saturated heterocycles. The first kappa shape index (κ1) is 23.2. The minimum atomic E-state index is -2.90. The maximum Gasteiger partial charge on any atom is 0.407 e. The van der Waals surface area contributed by atoms with Crippen LogP contribution in [0.1, 0.15) is 37.3 Å². The number of halogens is 2. The Kier molecular flexibility index (Phi) is 6.76. The van der Waals surface area contributed by atoms with Crippen molar-refractivity contribution in [3.05, 3.63) is 59.7 Å².